The van der Waals surface area contributed by atoms with E-state index < -0.39 is 0 Å². The average molecular weight is 427 g/mol. The van der Waals surface area contributed by atoms with E-state index in [0.29, 0.717) is 12.5 Å². The van der Waals surface area contributed by atoms with Crippen LogP contribution in [0.2, 0.25) is 0 Å². The first-order valence-electron chi connectivity index (χ1n) is 6.92. The van der Waals surface area contributed by atoms with Gasteiger partial charge in [-0.25, -0.2) is 9.98 Å². The lowest BCUT2D eigenvalue weighted by atomic mass is 10.2. The lowest BCUT2D eigenvalue weighted by Crippen LogP contribution is -2.22. The fourth-order valence-electron chi connectivity index (χ4n) is 1.99. The summed E-state index contributed by atoms with van der Waals surface area (Å²) in [7, 11) is 5.54. The van der Waals surface area contributed by atoms with Gasteiger partial charge in [0.25, 0.3) is 0 Å². The highest BCUT2D eigenvalue weighted by atomic mass is 127. The van der Waals surface area contributed by atoms with E-state index in [4.69, 9.17) is 10.5 Å². The number of pyridine rings is 1. The second-order valence-corrected chi connectivity index (χ2v) is 4.94. The Bertz CT molecular complexity index is 643. The summed E-state index contributed by atoms with van der Waals surface area (Å²) in [5, 5.41) is 3.05. The Balaban J connectivity index is 0.00000264. The summed E-state index contributed by atoms with van der Waals surface area (Å²) in [6.07, 6.45) is 1.77. The number of ether oxygens (including phenoxy) is 1. The Morgan fingerprint density at radius 2 is 1.96 bits per heavy atom. The monoisotopic (exact) mass is 427 g/mol. The number of nitrogens with one attached hydrogen (secondary N) is 1. The van der Waals surface area contributed by atoms with Crippen LogP contribution >= 0.6 is 24.0 Å². The molecule has 0 amide bonds. The number of aliphatic imine (C=N–C) groups is 1. The van der Waals surface area contributed by atoms with Crippen molar-refractivity contribution in [1.29, 1.82) is 0 Å². The predicted molar refractivity (Wildman–Crippen MR) is 106 cm³/mol. The molecule has 0 unspecified atom stereocenters. The van der Waals surface area contributed by atoms with Crippen molar-refractivity contribution < 1.29 is 4.74 Å². The van der Waals surface area contributed by atoms with Gasteiger partial charge in [-0.05, 0) is 30.3 Å². The predicted octanol–water partition coefficient (Wildman–Crippen LogP) is 2.70. The fourth-order valence-corrected chi connectivity index (χ4v) is 1.99. The van der Waals surface area contributed by atoms with Crippen LogP contribution in [0.3, 0.4) is 0 Å². The van der Waals surface area contributed by atoms with Gasteiger partial charge in [-0.1, -0.05) is 6.07 Å². The topological polar surface area (TPSA) is 75.8 Å². The van der Waals surface area contributed by atoms with Gasteiger partial charge in [-0.2, -0.15) is 0 Å². The molecule has 0 bridgehead atoms. The molecule has 0 radical (unpaired) electrons. The first-order chi connectivity index (χ1) is 10.6. The molecule has 0 saturated carbocycles. The quantitative estimate of drug-likeness (QED) is 0.436. The fraction of sp³-hybridized carbons (Fsp3) is 0.250. The van der Waals surface area contributed by atoms with Crippen molar-refractivity contribution in [2.24, 2.45) is 10.7 Å². The van der Waals surface area contributed by atoms with Gasteiger partial charge in [0.15, 0.2) is 5.96 Å². The van der Waals surface area contributed by atoms with E-state index in [2.05, 4.69) is 15.3 Å². The largest absolute Gasteiger partial charge is 0.497 e. The van der Waals surface area contributed by atoms with Crippen molar-refractivity contribution in [3.63, 3.8) is 0 Å². The maximum atomic E-state index is 5.92. The van der Waals surface area contributed by atoms with Gasteiger partial charge >= 0.3 is 0 Å². The normalized spacial score (nSPS) is 10.7. The molecular weight excluding hydrogens is 405 g/mol. The highest BCUT2D eigenvalue weighted by Crippen LogP contribution is 2.16. The van der Waals surface area contributed by atoms with Crippen LogP contribution in [0.1, 0.15) is 5.56 Å². The summed E-state index contributed by atoms with van der Waals surface area (Å²) in [6.45, 7) is 0.469. The van der Waals surface area contributed by atoms with Gasteiger partial charge in [0, 0.05) is 31.5 Å². The Kier molecular flexibility index (Phi) is 7.60. The van der Waals surface area contributed by atoms with Gasteiger partial charge in [0.05, 0.1) is 13.7 Å². The molecule has 1 aromatic heterocycles. The van der Waals surface area contributed by atoms with Crippen LogP contribution in [0, 0.1) is 0 Å². The van der Waals surface area contributed by atoms with E-state index in [9.17, 15) is 0 Å². The number of hydrogen-bond donors (Lipinski definition) is 2. The van der Waals surface area contributed by atoms with Gasteiger partial charge in [0.2, 0.25) is 0 Å². The third-order valence-electron chi connectivity index (χ3n) is 3.07. The SMILES string of the molecule is COc1ccc(NC(N)=NCc2cccnc2N(C)C)cc1.I. The Morgan fingerprint density at radius 1 is 1.26 bits per heavy atom. The van der Waals surface area contributed by atoms with Crippen molar-refractivity contribution in [3.8, 4) is 5.75 Å². The number of nitrogens with zero attached hydrogens (tertiary/aromatic N) is 3. The van der Waals surface area contributed by atoms with Crippen LogP contribution in [0.25, 0.3) is 0 Å². The molecule has 2 aromatic rings. The summed E-state index contributed by atoms with van der Waals surface area (Å²) < 4.78 is 5.11. The molecule has 23 heavy (non-hydrogen) atoms. The number of halogens is 1. The number of guanidine groups is 1. The first kappa shape index (κ1) is 19.0. The maximum Gasteiger partial charge on any atom is 0.193 e. The van der Waals surface area contributed by atoms with Crippen molar-refractivity contribution >= 4 is 41.4 Å². The number of hydrogen-bond acceptors (Lipinski definition) is 4. The third kappa shape index (κ3) is 5.59. The molecule has 1 heterocycles. The molecule has 0 aliphatic carbocycles. The molecule has 2 rings (SSSR count). The Morgan fingerprint density at radius 3 is 2.57 bits per heavy atom. The van der Waals surface area contributed by atoms with E-state index in [0.717, 1.165) is 22.8 Å². The molecular formula is C16H22IN5O. The zero-order valence-corrected chi connectivity index (χ0v) is 15.8. The summed E-state index contributed by atoms with van der Waals surface area (Å²) in [6, 6.07) is 11.4. The highest BCUT2D eigenvalue weighted by Gasteiger charge is 2.04. The number of aromatic nitrogens is 1. The van der Waals surface area contributed by atoms with Crippen molar-refractivity contribution in [2.75, 3.05) is 31.4 Å². The smallest absolute Gasteiger partial charge is 0.193 e. The minimum absolute atomic E-state index is 0. The molecule has 0 aliphatic heterocycles. The second-order valence-electron chi connectivity index (χ2n) is 4.94. The highest BCUT2D eigenvalue weighted by molar-refractivity contribution is 14.0. The average Bonchev–Trinajstić information content (AvgIpc) is 2.54. The number of benzene rings is 1. The van der Waals surface area contributed by atoms with E-state index >= 15 is 0 Å². The second kappa shape index (κ2) is 9.19. The summed E-state index contributed by atoms with van der Waals surface area (Å²) in [5.41, 5.74) is 7.81. The molecule has 1 aromatic carbocycles. The number of rotatable bonds is 5. The Hall–Kier alpha value is -2.03. The summed E-state index contributed by atoms with van der Waals surface area (Å²) in [4.78, 5) is 10.7. The molecule has 6 nitrogen and oxygen atoms in total. The van der Waals surface area contributed by atoms with Gasteiger partial charge in [-0.15, -0.1) is 24.0 Å². The first-order valence-corrected chi connectivity index (χ1v) is 6.92. The lowest BCUT2D eigenvalue weighted by Gasteiger charge is -2.14. The van der Waals surface area contributed by atoms with Crippen LogP contribution in [0.15, 0.2) is 47.6 Å². The number of methoxy groups -OCH3 is 1. The van der Waals surface area contributed by atoms with Crippen LogP contribution in [-0.4, -0.2) is 32.1 Å². The van der Waals surface area contributed by atoms with Gasteiger partial charge in [-0.3, -0.25) is 0 Å². The van der Waals surface area contributed by atoms with Crippen LogP contribution in [-0.2, 0) is 6.54 Å². The molecule has 0 fully saturated rings. The van der Waals surface area contributed by atoms with E-state index in [1.165, 1.54) is 0 Å². The lowest BCUT2D eigenvalue weighted by molar-refractivity contribution is 0.415. The van der Waals surface area contributed by atoms with Crippen LogP contribution in [0.5, 0.6) is 5.75 Å². The van der Waals surface area contributed by atoms with E-state index in [1.807, 2.05) is 55.4 Å². The zero-order valence-electron chi connectivity index (χ0n) is 13.5. The van der Waals surface area contributed by atoms with Crippen LogP contribution < -0.4 is 20.7 Å². The summed E-state index contributed by atoms with van der Waals surface area (Å²) >= 11 is 0. The molecule has 0 atom stereocenters. The van der Waals surface area contributed by atoms with Crippen molar-refractivity contribution in [1.82, 2.24) is 4.98 Å². The van der Waals surface area contributed by atoms with Crippen molar-refractivity contribution in [2.45, 2.75) is 6.54 Å². The molecule has 0 spiro atoms. The molecule has 124 valence electrons. The maximum absolute atomic E-state index is 5.92. The minimum Gasteiger partial charge on any atom is -0.497 e. The van der Waals surface area contributed by atoms with E-state index in [1.54, 1.807) is 13.3 Å². The zero-order chi connectivity index (χ0) is 15.9. The van der Waals surface area contributed by atoms with Gasteiger partial charge < -0.3 is 20.7 Å². The molecule has 0 aliphatic rings. The molecule has 7 heteroatoms. The summed E-state index contributed by atoms with van der Waals surface area (Å²) in [5.74, 6) is 2.05. The van der Waals surface area contributed by atoms with Crippen molar-refractivity contribution in [3.05, 3.63) is 48.2 Å². The standard InChI is InChI=1S/C16H21N5O.HI/c1-21(2)15-12(5-4-10-18-15)11-19-16(17)20-13-6-8-14(22-3)9-7-13;/h4-10H,11H2,1-3H3,(H3,17,19,20);1H. The Labute approximate surface area is 153 Å². The third-order valence-corrected chi connectivity index (χ3v) is 3.07. The number of anilines is 2. The van der Waals surface area contributed by atoms with Crippen LogP contribution in [0.4, 0.5) is 11.5 Å². The molecule has 0 saturated heterocycles. The minimum atomic E-state index is 0. The van der Waals surface area contributed by atoms with Gasteiger partial charge in [0.1, 0.15) is 11.6 Å². The number of nitrogens with two attached hydrogens (primary N) is 1. The molecule has 3 N–H and O–H groups in total. The van der Waals surface area contributed by atoms with E-state index in [-0.39, 0.29) is 24.0 Å².